The first kappa shape index (κ1) is 14.3. The molecule has 2 nitrogen and oxygen atoms in total. The summed E-state index contributed by atoms with van der Waals surface area (Å²) < 4.78 is 20.0. The molecule has 0 fully saturated rings. The predicted octanol–water partition coefficient (Wildman–Crippen LogP) is 4.70. The molecular weight excluding hydrogens is 321 g/mol. The van der Waals surface area contributed by atoms with Crippen molar-refractivity contribution in [2.75, 3.05) is 0 Å². The number of nitrogens with zero attached hydrogens (tertiary/aromatic N) is 1. The maximum absolute atomic E-state index is 13.5. The third-order valence-electron chi connectivity index (χ3n) is 2.65. The van der Waals surface area contributed by atoms with Gasteiger partial charge in [-0.05, 0) is 30.3 Å². The van der Waals surface area contributed by atoms with Gasteiger partial charge in [0.05, 0.1) is 6.07 Å². The molecule has 2 aromatic carbocycles. The molecule has 0 heterocycles. The maximum Gasteiger partial charge on any atom is 0.129 e. The molecule has 0 atom stereocenters. The van der Waals surface area contributed by atoms with Gasteiger partial charge in [-0.25, -0.2) is 4.39 Å². The van der Waals surface area contributed by atoms with Crippen molar-refractivity contribution in [3.05, 3.63) is 70.0 Å². The van der Waals surface area contributed by atoms with E-state index in [1.54, 1.807) is 30.3 Å². The number of allylic oxidation sites excluding steroid dienone is 1. The van der Waals surface area contributed by atoms with E-state index < -0.39 is 0 Å². The van der Waals surface area contributed by atoms with Crippen molar-refractivity contribution in [3.63, 3.8) is 0 Å². The number of hydrogen-bond acceptors (Lipinski definition) is 2. The van der Waals surface area contributed by atoms with Crippen LogP contribution in [0.1, 0.15) is 11.1 Å². The second-order valence-electron chi connectivity index (χ2n) is 4.02. The van der Waals surface area contributed by atoms with Crippen molar-refractivity contribution in [2.45, 2.75) is 6.61 Å². The van der Waals surface area contributed by atoms with Crippen LogP contribution >= 0.6 is 15.9 Å². The number of hydrogen-bond donors (Lipinski definition) is 0. The van der Waals surface area contributed by atoms with Crippen molar-refractivity contribution in [3.8, 4) is 11.8 Å². The molecule has 100 valence electrons. The summed E-state index contributed by atoms with van der Waals surface area (Å²) in [4.78, 5) is 0. The lowest BCUT2D eigenvalue weighted by Gasteiger charge is -2.10. The number of ether oxygens (including phenoxy) is 1. The zero-order valence-electron chi connectivity index (χ0n) is 10.5. The number of rotatable bonds is 4. The number of benzene rings is 2. The largest absolute Gasteiger partial charge is 0.488 e. The van der Waals surface area contributed by atoms with Crippen LogP contribution in [-0.4, -0.2) is 0 Å². The average molecular weight is 332 g/mol. The minimum Gasteiger partial charge on any atom is -0.488 e. The van der Waals surface area contributed by atoms with Gasteiger partial charge in [0.25, 0.3) is 0 Å². The van der Waals surface area contributed by atoms with E-state index in [-0.39, 0.29) is 12.4 Å². The Kier molecular flexibility index (Phi) is 4.91. The first-order chi connectivity index (χ1) is 9.70. The second kappa shape index (κ2) is 6.88. The van der Waals surface area contributed by atoms with E-state index >= 15 is 0 Å². The van der Waals surface area contributed by atoms with E-state index in [1.807, 2.05) is 18.2 Å². The van der Waals surface area contributed by atoms with Gasteiger partial charge in [-0.2, -0.15) is 5.26 Å². The van der Waals surface area contributed by atoms with Gasteiger partial charge in [-0.3, -0.25) is 0 Å². The third-order valence-corrected chi connectivity index (χ3v) is 3.14. The monoisotopic (exact) mass is 331 g/mol. The number of nitriles is 1. The highest BCUT2D eigenvalue weighted by Gasteiger charge is 2.05. The van der Waals surface area contributed by atoms with Gasteiger partial charge in [0.1, 0.15) is 18.2 Å². The van der Waals surface area contributed by atoms with Crippen LogP contribution in [0.2, 0.25) is 0 Å². The molecule has 0 aromatic heterocycles. The Morgan fingerprint density at radius 1 is 1.25 bits per heavy atom. The lowest BCUT2D eigenvalue weighted by Crippen LogP contribution is -1.99. The molecule has 0 amide bonds. The van der Waals surface area contributed by atoms with E-state index in [2.05, 4.69) is 15.9 Å². The van der Waals surface area contributed by atoms with Crippen molar-refractivity contribution in [2.24, 2.45) is 0 Å². The van der Waals surface area contributed by atoms with Crippen LogP contribution in [0.3, 0.4) is 0 Å². The van der Waals surface area contributed by atoms with Crippen molar-refractivity contribution in [1.29, 1.82) is 5.26 Å². The molecule has 0 aliphatic carbocycles. The molecule has 0 aliphatic rings. The Labute approximate surface area is 125 Å². The Morgan fingerprint density at radius 3 is 2.80 bits per heavy atom. The Balaban J connectivity index is 2.19. The standard InChI is InChI=1S/C16H11BrFNO/c17-14-7-8-16(12(10-14)5-3-9-19)20-11-13-4-1-2-6-15(13)18/h1-8,10H,11H2. The van der Waals surface area contributed by atoms with Crippen LogP contribution in [0, 0.1) is 17.1 Å². The highest BCUT2D eigenvalue weighted by Crippen LogP contribution is 2.25. The zero-order valence-corrected chi connectivity index (χ0v) is 12.1. The fourth-order valence-corrected chi connectivity index (χ4v) is 2.06. The fourth-order valence-electron chi connectivity index (χ4n) is 1.68. The second-order valence-corrected chi connectivity index (χ2v) is 4.94. The van der Waals surface area contributed by atoms with E-state index in [9.17, 15) is 4.39 Å². The molecule has 0 N–H and O–H groups in total. The molecule has 0 unspecified atom stereocenters. The molecular formula is C16H11BrFNO. The van der Waals surface area contributed by atoms with Crippen LogP contribution in [-0.2, 0) is 6.61 Å². The highest BCUT2D eigenvalue weighted by atomic mass is 79.9. The number of halogens is 2. The molecule has 4 heteroatoms. The first-order valence-electron chi connectivity index (χ1n) is 5.92. The van der Waals surface area contributed by atoms with E-state index in [0.717, 1.165) is 10.0 Å². The predicted molar refractivity (Wildman–Crippen MR) is 79.5 cm³/mol. The maximum atomic E-state index is 13.5. The SMILES string of the molecule is N#CC=Cc1cc(Br)ccc1OCc1ccccc1F. The summed E-state index contributed by atoms with van der Waals surface area (Å²) in [5.41, 5.74) is 1.25. The molecule has 20 heavy (non-hydrogen) atoms. The quantitative estimate of drug-likeness (QED) is 0.760. The molecule has 0 spiro atoms. The topological polar surface area (TPSA) is 33.0 Å². The molecule has 0 saturated carbocycles. The summed E-state index contributed by atoms with van der Waals surface area (Å²) in [6.07, 6.45) is 3.03. The summed E-state index contributed by atoms with van der Waals surface area (Å²) in [5, 5.41) is 8.59. The van der Waals surface area contributed by atoms with Gasteiger partial charge in [0, 0.05) is 21.7 Å². The molecule has 0 bridgehead atoms. The first-order valence-corrected chi connectivity index (χ1v) is 6.72. The van der Waals surface area contributed by atoms with Crippen LogP contribution < -0.4 is 4.74 Å². The Bertz CT molecular complexity index is 676. The molecule has 0 radical (unpaired) electrons. The third kappa shape index (κ3) is 3.69. The normalized spacial score (nSPS) is 10.4. The lowest BCUT2D eigenvalue weighted by atomic mass is 10.2. The van der Waals surface area contributed by atoms with Crippen LogP contribution in [0.25, 0.3) is 6.08 Å². The highest BCUT2D eigenvalue weighted by molar-refractivity contribution is 9.10. The van der Waals surface area contributed by atoms with Gasteiger partial charge >= 0.3 is 0 Å². The Hall–Kier alpha value is -2.12. The van der Waals surface area contributed by atoms with Gasteiger partial charge < -0.3 is 4.74 Å². The fraction of sp³-hybridized carbons (Fsp3) is 0.0625. The summed E-state index contributed by atoms with van der Waals surface area (Å²) in [5.74, 6) is 0.307. The van der Waals surface area contributed by atoms with Crippen LogP contribution in [0.5, 0.6) is 5.75 Å². The van der Waals surface area contributed by atoms with Gasteiger partial charge in [0.2, 0.25) is 0 Å². The zero-order chi connectivity index (χ0) is 14.4. The van der Waals surface area contributed by atoms with Gasteiger partial charge in [-0.15, -0.1) is 0 Å². The minimum atomic E-state index is -0.293. The summed E-state index contributed by atoms with van der Waals surface area (Å²) in [6.45, 7) is 0.141. The van der Waals surface area contributed by atoms with E-state index in [4.69, 9.17) is 10.00 Å². The summed E-state index contributed by atoms with van der Waals surface area (Å²) in [6, 6.07) is 13.9. The van der Waals surface area contributed by atoms with Crippen molar-refractivity contribution < 1.29 is 9.13 Å². The summed E-state index contributed by atoms with van der Waals surface area (Å²) >= 11 is 3.36. The average Bonchev–Trinajstić information content (AvgIpc) is 2.45. The van der Waals surface area contributed by atoms with Crippen LogP contribution in [0.4, 0.5) is 4.39 Å². The molecule has 0 aliphatic heterocycles. The lowest BCUT2D eigenvalue weighted by molar-refractivity contribution is 0.299. The Morgan fingerprint density at radius 2 is 2.05 bits per heavy atom. The molecule has 2 rings (SSSR count). The molecule has 0 saturated heterocycles. The van der Waals surface area contributed by atoms with Crippen LogP contribution in [0.15, 0.2) is 53.0 Å². The molecule has 2 aromatic rings. The summed E-state index contributed by atoms with van der Waals surface area (Å²) in [7, 11) is 0. The van der Waals surface area contributed by atoms with Crippen molar-refractivity contribution >= 4 is 22.0 Å². The van der Waals surface area contributed by atoms with Crippen molar-refractivity contribution in [1.82, 2.24) is 0 Å². The minimum absolute atomic E-state index is 0.141. The van der Waals surface area contributed by atoms with E-state index in [1.165, 1.54) is 12.1 Å². The van der Waals surface area contributed by atoms with Gasteiger partial charge in [0.15, 0.2) is 0 Å². The van der Waals surface area contributed by atoms with E-state index in [0.29, 0.717) is 11.3 Å². The smallest absolute Gasteiger partial charge is 0.129 e. The van der Waals surface area contributed by atoms with Gasteiger partial charge in [-0.1, -0.05) is 34.1 Å².